The van der Waals surface area contributed by atoms with Crippen LogP contribution in [0.2, 0.25) is 0 Å². The lowest BCUT2D eigenvalue weighted by atomic mass is 9.94. The fourth-order valence-electron chi connectivity index (χ4n) is 4.19. The highest BCUT2D eigenvalue weighted by molar-refractivity contribution is 7.89. The summed E-state index contributed by atoms with van der Waals surface area (Å²) in [5.74, 6) is 0.486. The number of piperidine rings is 1. The van der Waals surface area contributed by atoms with Crippen molar-refractivity contribution < 1.29 is 27.3 Å². The molecule has 2 amide bonds. The molecule has 0 N–H and O–H groups in total. The summed E-state index contributed by atoms with van der Waals surface area (Å²) >= 11 is 0. The minimum absolute atomic E-state index is 0.0409. The molecular formula is C20H32N4O6S. The number of nitrogens with zero attached hydrogens (tertiary/aromatic N) is 4. The monoisotopic (exact) mass is 456 g/mol. The van der Waals surface area contributed by atoms with Crippen molar-refractivity contribution in [3.63, 3.8) is 0 Å². The van der Waals surface area contributed by atoms with Gasteiger partial charge in [0.1, 0.15) is 17.2 Å². The first kappa shape index (κ1) is 23.7. The van der Waals surface area contributed by atoms with E-state index in [0.717, 1.165) is 0 Å². The van der Waals surface area contributed by atoms with Gasteiger partial charge in [-0.3, -0.25) is 9.59 Å². The Morgan fingerprint density at radius 3 is 2.13 bits per heavy atom. The first-order valence-electron chi connectivity index (χ1n) is 10.8. The molecule has 0 unspecified atom stereocenters. The molecule has 3 heterocycles. The lowest BCUT2D eigenvalue weighted by Crippen LogP contribution is -2.51. The van der Waals surface area contributed by atoms with Crippen LogP contribution in [0.5, 0.6) is 0 Å². The van der Waals surface area contributed by atoms with Crippen molar-refractivity contribution >= 4 is 21.8 Å². The maximum absolute atomic E-state index is 12.9. The molecule has 2 saturated heterocycles. The molecule has 0 bridgehead atoms. The van der Waals surface area contributed by atoms with Gasteiger partial charge in [0.05, 0.1) is 0 Å². The Bertz CT molecular complexity index is 864. The fourth-order valence-corrected chi connectivity index (χ4v) is 5.95. The zero-order chi connectivity index (χ0) is 22.6. The van der Waals surface area contributed by atoms with Crippen molar-refractivity contribution in [1.29, 1.82) is 0 Å². The van der Waals surface area contributed by atoms with Gasteiger partial charge >= 0.3 is 0 Å². The second kappa shape index (κ2) is 10.1. The minimum Gasteiger partial charge on any atom is -0.372 e. The van der Waals surface area contributed by atoms with Gasteiger partial charge in [-0.05, 0) is 39.5 Å². The molecule has 1 aromatic heterocycles. The van der Waals surface area contributed by atoms with Crippen molar-refractivity contribution in [2.45, 2.75) is 44.9 Å². The lowest BCUT2D eigenvalue weighted by Gasteiger charge is -2.36. The maximum atomic E-state index is 12.9. The Kier molecular flexibility index (Phi) is 7.71. The van der Waals surface area contributed by atoms with E-state index in [4.69, 9.17) is 9.26 Å². The summed E-state index contributed by atoms with van der Waals surface area (Å²) in [6, 6.07) is 0. The lowest BCUT2D eigenvalue weighted by molar-refractivity contribution is -0.142. The van der Waals surface area contributed by atoms with Crippen molar-refractivity contribution in [1.82, 2.24) is 19.3 Å². The smallest absolute Gasteiger partial charge is 0.248 e. The van der Waals surface area contributed by atoms with E-state index in [0.29, 0.717) is 76.6 Å². The zero-order valence-electron chi connectivity index (χ0n) is 18.5. The predicted molar refractivity (Wildman–Crippen MR) is 112 cm³/mol. The highest BCUT2D eigenvalue weighted by Crippen LogP contribution is 2.29. The molecule has 0 saturated carbocycles. The Labute approximate surface area is 183 Å². The molecular weight excluding hydrogens is 424 g/mol. The second-order valence-electron chi connectivity index (χ2n) is 8.10. The van der Waals surface area contributed by atoms with E-state index in [2.05, 4.69) is 5.16 Å². The van der Waals surface area contributed by atoms with Crippen LogP contribution in [0.1, 0.15) is 37.6 Å². The molecule has 0 spiro atoms. The number of aryl methyl sites for hydroxylation is 2. The van der Waals surface area contributed by atoms with E-state index in [-0.39, 0.29) is 29.2 Å². The summed E-state index contributed by atoms with van der Waals surface area (Å²) in [6.45, 7) is 8.50. The molecule has 0 aliphatic carbocycles. The third kappa shape index (κ3) is 5.45. The summed E-state index contributed by atoms with van der Waals surface area (Å²) in [5, 5.41) is 3.75. The predicted octanol–water partition coefficient (Wildman–Crippen LogP) is 0.790. The van der Waals surface area contributed by atoms with Crippen LogP contribution in [-0.2, 0) is 24.3 Å². The average molecular weight is 457 g/mol. The normalized spacial score (nSPS) is 19.1. The Morgan fingerprint density at radius 2 is 1.61 bits per heavy atom. The molecule has 0 atom stereocenters. The SMILES string of the molecule is CCOCC(=O)N1CCN(C(=O)CC2CCN(S(=O)(=O)c3c(C)noc3C)CC2)CC1. The van der Waals surface area contributed by atoms with Crippen molar-refractivity contribution in [2.24, 2.45) is 5.92 Å². The number of amides is 2. The number of sulfonamides is 1. The van der Waals surface area contributed by atoms with Crippen LogP contribution in [0.25, 0.3) is 0 Å². The number of ether oxygens (including phenoxy) is 1. The molecule has 3 rings (SSSR count). The molecule has 2 aliphatic rings. The van der Waals surface area contributed by atoms with Gasteiger partial charge in [0.2, 0.25) is 21.8 Å². The van der Waals surface area contributed by atoms with Gasteiger partial charge in [-0.15, -0.1) is 0 Å². The number of carbonyl (C=O) groups excluding carboxylic acids is 2. The Hall–Kier alpha value is -1.98. The largest absolute Gasteiger partial charge is 0.372 e. The minimum atomic E-state index is -3.64. The maximum Gasteiger partial charge on any atom is 0.248 e. The fraction of sp³-hybridized carbons (Fsp3) is 0.750. The number of carbonyl (C=O) groups is 2. The summed E-state index contributed by atoms with van der Waals surface area (Å²) in [6.07, 6.45) is 1.69. The number of hydrogen-bond donors (Lipinski definition) is 0. The summed E-state index contributed by atoms with van der Waals surface area (Å²) in [4.78, 5) is 28.4. The highest BCUT2D eigenvalue weighted by atomic mass is 32.2. The first-order chi connectivity index (χ1) is 14.7. The van der Waals surface area contributed by atoms with Gasteiger partial charge in [0.25, 0.3) is 0 Å². The van der Waals surface area contributed by atoms with Crippen molar-refractivity contribution in [3.8, 4) is 0 Å². The van der Waals surface area contributed by atoms with Crippen LogP contribution < -0.4 is 0 Å². The van der Waals surface area contributed by atoms with Gasteiger partial charge in [-0.25, -0.2) is 8.42 Å². The Balaban J connectivity index is 1.46. The van der Waals surface area contributed by atoms with Crippen LogP contribution >= 0.6 is 0 Å². The molecule has 1 aromatic rings. The van der Waals surface area contributed by atoms with Crippen LogP contribution in [0.3, 0.4) is 0 Å². The second-order valence-corrected chi connectivity index (χ2v) is 9.98. The third-order valence-corrected chi connectivity index (χ3v) is 8.16. The van der Waals surface area contributed by atoms with Gasteiger partial charge < -0.3 is 19.1 Å². The first-order valence-corrected chi connectivity index (χ1v) is 12.2. The van der Waals surface area contributed by atoms with Gasteiger partial charge in [-0.1, -0.05) is 5.16 Å². The van der Waals surface area contributed by atoms with E-state index >= 15 is 0 Å². The van der Waals surface area contributed by atoms with E-state index in [1.54, 1.807) is 23.6 Å². The molecule has 0 aromatic carbocycles. The molecule has 174 valence electrons. The molecule has 2 aliphatic heterocycles. The topological polar surface area (TPSA) is 113 Å². The van der Waals surface area contributed by atoms with Crippen LogP contribution in [0.15, 0.2) is 9.42 Å². The molecule has 2 fully saturated rings. The number of rotatable bonds is 7. The molecule has 0 radical (unpaired) electrons. The molecule has 10 nitrogen and oxygen atoms in total. The van der Waals surface area contributed by atoms with Crippen LogP contribution in [0.4, 0.5) is 0 Å². The highest BCUT2D eigenvalue weighted by Gasteiger charge is 2.35. The quantitative estimate of drug-likeness (QED) is 0.596. The number of hydrogen-bond acceptors (Lipinski definition) is 7. The van der Waals surface area contributed by atoms with E-state index < -0.39 is 10.0 Å². The van der Waals surface area contributed by atoms with Crippen molar-refractivity contribution in [3.05, 3.63) is 11.5 Å². The summed E-state index contributed by atoms with van der Waals surface area (Å²) in [7, 11) is -3.64. The van der Waals surface area contributed by atoms with Crippen LogP contribution in [-0.4, -0.2) is 92.0 Å². The van der Waals surface area contributed by atoms with Gasteiger partial charge in [-0.2, -0.15) is 4.31 Å². The summed E-state index contributed by atoms with van der Waals surface area (Å²) in [5.41, 5.74) is 0.369. The standard InChI is InChI=1S/C20H32N4O6S/c1-4-29-14-19(26)23-11-9-22(10-12-23)18(25)13-17-5-7-24(8-6-17)31(27,28)20-15(2)21-30-16(20)3/h17H,4-14H2,1-3H3. The average Bonchev–Trinajstić information content (AvgIpc) is 3.11. The summed E-state index contributed by atoms with van der Waals surface area (Å²) < 4.78 is 37.5. The number of aromatic nitrogens is 1. The Morgan fingerprint density at radius 1 is 1.03 bits per heavy atom. The van der Waals surface area contributed by atoms with Gasteiger partial charge in [0.15, 0.2) is 5.76 Å². The molecule has 31 heavy (non-hydrogen) atoms. The van der Waals surface area contributed by atoms with Crippen LogP contribution in [0, 0.1) is 19.8 Å². The van der Waals surface area contributed by atoms with Crippen molar-refractivity contribution in [2.75, 3.05) is 52.5 Å². The third-order valence-electron chi connectivity index (χ3n) is 6.02. The van der Waals surface area contributed by atoms with Gasteiger partial charge in [0, 0.05) is 52.3 Å². The van der Waals surface area contributed by atoms with E-state index in [9.17, 15) is 18.0 Å². The number of piperazine rings is 1. The van der Waals surface area contributed by atoms with E-state index in [1.807, 2.05) is 6.92 Å². The zero-order valence-corrected chi connectivity index (χ0v) is 19.3. The molecule has 11 heteroatoms. The van der Waals surface area contributed by atoms with E-state index in [1.165, 1.54) is 4.31 Å².